The van der Waals surface area contributed by atoms with E-state index in [1.807, 2.05) is 7.05 Å². The van der Waals surface area contributed by atoms with E-state index in [1.54, 1.807) is 18.0 Å². The first-order chi connectivity index (χ1) is 13.1. The molecule has 0 aromatic carbocycles. The molecule has 0 unspecified atom stereocenters. The van der Waals surface area contributed by atoms with E-state index in [1.165, 1.54) is 28.0 Å². The van der Waals surface area contributed by atoms with Crippen LogP contribution in [0.3, 0.4) is 0 Å². The topological polar surface area (TPSA) is 98.1 Å². The molecule has 0 saturated heterocycles. The van der Waals surface area contributed by atoms with Crippen LogP contribution in [-0.4, -0.2) is 52.6 Å². The maximum atomic E-state index is 12.7. The first-order valence-electron chi connectivity index (χ1n) is 8.78. The molecule has 1 aliphatic carbocycles. The van der Waals surface area contributed by atoms with Gasteiger partial charge in [0.15, 0.2) is 5.16 Å². The largest absolute Gasteiger partial charge is 0.383 e. The predicted molar refractivity (Wildman–Crippen MR) is 106 cm³/mol. The van der Waals surface area contributed by atoms with Gasteiger partial charge in [-0.3, -0.25) is 9.59 Å². The Morgan fingerprint density at radius 3 is 2.93 bits per heavy atom. The summed E-state index contributed by atoms with van der Waals surface area (Å²) < 4.78 is 6.76. The number of hydrogen-bond donors (Lipinski definition) is 2. The lowest BCUT2D eigenvalue weighted by atomic mass is 9.95. The van der Waals surface area contributed by atoms with E-state index in [0.717, 1.165) is 31.2 Å². The average molecular weight is 410 g/mol. The van der Waals surface area contributed by atoms with Crippen molar-refractivity contribution in [1.29, 1.82) is 0 Å². The minimum Gasteiger partial charge on any atom is -0.383 e. The van der Waals surface area contributed by atoms with Gasteiger partial charge >= 0.3 is 0 Å². The first-order valence-corrected chi connectivity index (χ1v) is 10.6. The standard InChI is InChI=1S/C17H23N5O3S2/c1-22-10-19-21-17(22)26-9-13(23)20-16-14(15(24)18-7-8-25-2)11-5-3-4-6-12(11)27-16/h10H,3-9H2,1-2H3,(H,18,24)(H,20,23). The number of fused-ring (bicyclic) bond motifs is 1. The minimum absolute atomic E-state index is 0.150. The van der Waals surface area contributed by atoms with Crippen molar-refractivity contribution in [3.63, 3.8) is 0 Å². The van der Waals surface area contributed by atoms with Crippen LogP contribution in [0.25, 0.3) is 0 Å². The van der Waals surface area contributed by atoms with Gasteiger partial charge in [0.1, 0.15) is 11.3 Å². The summed E-state index contributed by atoms with van der Waals surface area (Å²) in [5.41, 5.74) is 1.69. The zero-order chi connectivity index (χ0) is 19.2. The van der Waals surface area contributed by atoms with Crippen LogP contribution in [0.2, 0.25) is 0 Å². The van der Waals surface area contributed by atoms with Crippen LogP contribution in [0.5, 0.6) is 0 Å². The van der Waals surface area contributed by atoms with E-state index < -0.39 is 0 Å². The van der Waals surface area contributed by atoms with Gasteiger partial charge in [-0.05, 0) is 31.2 Å². The highest BCUT2D eigenvalue weighted by Gasteiger charge is 2.26. The van der Waals surface area contributed by atoms with Gasteiger partial charge in [-0.25, -0.2) is 0 Å². The number of anilines is 1. The average Bonchev–Trinajstić information content (AvgIpc) is 3.22. The van der Waals surface area contributed by atoms with Crippen molar-refractivity contribution in [1.82, 2.24) is 20.1 Å². The normalized spacial score (nSPS) is 13.3. The number of nitrogens with zero attached hydrogens (tertiary/aromatic N) is 3. The number of thiophene rings is 1. The highest BCUT2D eigenvalue weighted by Crippen LogP contribution is 2.38. The Bertz CT molecular complexity index is 818. The second-order valence-electron chi connectivity index (χ2n) is 6.22. The van der Waals surface area contributed by atoms with E-state index in [4.69, 9.17) is 4.74 Å². The molecule has 2 heterocycles. The number of carbonyl (C=O) groups is 2. The van der Waals surface area contributed by atoms with Crippen LogP contribution in [-0.2, 0) is 29.4 Å². The summed E-state index contributed by atoms with van der Waals surface area (Å²) in [6.07, 6.45) is 5.62. The van der Waals surface area contributed by atoms with Crippen molar-refractivity contribution in [2.45, 2.75) is 30.8 Å². The number of amides is 2. The molecule has 2 amide bonds. The van der Waals surface area contributed by atoms with E-state index >= 15 is 0 Å². The van der Waals surface area contributed by atoms with E-state index in [-0.39, 0.29) is 17.6 Å². The van der Waals surface area contributed by atoms with Crippen molar-refractivity contribution in [3.05, 3.63) is 22.3 Å². The molecule has 0 atom stereocenters. The minimum atomic E-state index is -0.160. The quantitative estimate of drug-likeness (QED) is 0.510. The van der Waals surface area contributed by atoms with Gasteiger partial charge in [-0.15, -0.1) is 21.5 Å². The molecular weight excluding hydrogens is 386 g/mol. The van der Waals surface area contributed by atoms with E-state index in [2.05, 4.69) is 20.8 Å². The van der Waals surface area contributed by atoms with Crippen LogP contribution in [0.4, 0.5) is 5.00 Å². The third-order valence-corrected chi connectivity index (χ3v) is 6.49. The zero-order valence-electron chi connectivity index (χ0n) is 15.4. The van der Waals surface area contributed by atoms with Crippen LogP contribution in [0, 0.1) is 0 Å². The molecule has 0 saturated carbocycles. The summed E-state index contributed by atoms with van der Waals surface area (Å²) in [7, 11) is 3.43. The van der Waals surface area contributed by atoms with Crippen LogP contribution >= 0.6 is 23.1 Å². The second kappa shape index (κ2) is 9.34. The molecule has 2 N–H and O–H groups in total. The summed E-state index contributed by atoms with van der Waals surface area (Å²) in [6, 6.07) is 0. The van der Waals surface area contributed by atoms with Gasteiger partial charge < -0.3 is 19.9 Å². The Morgan fingerprint density at radius 2 is 2.19 bits per heavy atom. The lowest BCUT2D eigenvalue weighted by Gasteiger charge is -2.13. The number of carbonyl (C=O) groups excluding carboxylic acids is 2. The highest BCUT2D eigenvalue weighted by atomic mass is 32.2. The fourth-order valence-corrected chi connectivity index (χ4v) is 4.94. The molecule has 2 aromatic rings. The number of aromatic nitrogens is 3. The Labute approximate surface area is 166 Å². The maximum Gasteiger partial charge on any atom is 0.254 e. The van der Waals surface area contributed by atoms with Gasteiger partial charge in [0.2, 0.25) is 5.91 Å². The van der Waals surface area contributed by atoms with Crippen molar-refractivity contribution < 1.29 is 14.3 Å². The van der Waals surface area contributed by atoms with E-state index in [9.17, 15) is 9.59 Å². The molecule has 2 aromatic heterocycles. The van der Waals surface area contributed by atoms with Gasteiger partial charge in [-0.1, -0.05) is 11.8 Å². The Balaban J connectivity index is 1.71. The SMILES string of the molecule is COCCNC(=O)c1c(NC(=O)CSc2nncn2C)sc2c1CCCC2. The number of ether oxygens (including phenoxy) is 1. The third kappa shape index (κ3) is 4.88. The third-order valence-electron chi connectivity index (χ3n) is 4.25. The molecule has 3 rings (SSSR count). The summed E-state index contributed by atoms with van der Waals surface area (Å²) in [5.74, 6) is -0.102. The molecule has 146 valence electrons. The maximum absolute atomic E-state index is 12.7. The second-order valence-corrected chi connectivity index (χ2v) is 8.27. The van der Waals surface area contributed by atoms with Gasteiger partial charge in [0.05, 0.1) is 17.9 Å². The Morgan fingerprint density at radius 1 is 1.37 bits per heavy atom. The van der Waals surface area contributed by atoms with Crippen LogP contribution < -0.4 is 10.6 Å². The number of methoxy groups -OCH3 is 1. The van der Waals surface area contributed by atoms with Crippen LogP contribution in [0.15, 0.2) is 11.5 Å². The lowest BCUT2D eigenvalue weighted by molar-refractivity contribution is -0.113. The summed E-state index contributed by atoms with van der Waals surface area (Å²) in [4.78, 5) is 26.3. The molecule has 27 heavy (non-hydrogen) atoms. The molecule has 0 radical (unpaired) electrons. The molecule has 1 aliphatic rings. The predicted octanol–water partition coefficient (Wildman–Crippen LogP) is 1.86. The van der Waals surface area contributed by atoms with Crippen molar-refractivity contribution in [3.8, 4) is 0 Å². The van der Waals surface area contributed by atoms with Gasteiger partial charge in [0, 0.05) is 25.6 Å². The first kappa shape index (κ1) is 19.8. The lowest BCUT2D eigenvalue weighted by Crippen LogP contribution is -2.29. The van der Waals surface area contributed by atoms with Gasteiger partial charge in [-0.2, -0.15) is 0 Å². The van der Waals surface area contributed by atoms with Gasteiger partial charge in [0.25, 0.3) is 5.91 Å². The van der Waals surface area contributed by atoms with Crippen molar-refractivity contribution >= 4 is 39.9 Å². The number of rotatable bonds is 8. The fraction of sp³-hybridized carbons (Fsp3) is 0.529. The molecule has 0 fully saturated rings. The zero-order valence-corrected chi connectivity index (χ0v) is 17.0. The summed E-state index contributed by atoms with van der Waals surface area (Å²) in [5, 5.41) is 14.9. The number of hydrogen-bond acceptors (Lipinski definition) is 7. The number of aryl methyl sites for hydroxylation is 2. The van der Waals surface area contributed by atoms with Crippen LogP contribution in [0.1, 0.15) is 33.6 Å². The molecular formula is C17H23N5O3S2. The monoisotopic (exact) mass is 409 g/mol. The van der Waals surface area contributed by atoms with E-state index in [0.29, 0.717) is 28.9 Å². The smallest absolute Gasteiger partial charge is 0.254 e. The molecule has 0 aliphatic heterocycles. The number of nitrogens with one attached hydrogen (secondary N) is 2. The molecule has 10 heteroatoms. The molecule has 0 bridgehead atoms. The Hall–Kier alpha value is -1.91. The molecule has 8 nitrogen and oxygen atoms in total. The Kier molecular flexibility index (Phi) is 6.86. The summed E-state index contributed by atoms with van der Waals surface area (Å²) in [6.45, 7) is 0.892. The fourth-order valence-electron chi connectivity index (χ4n) is 2.95. The molecule has 0 spiro atoms. The highest BCUT2D eigenvalue weighted by molar-refractivity contribution is 7.99. The van der Waals surface area contributed by atoms with Crippen molar-refractivity contribution in [2.24, 2.45) is 7.05 Å². The summed E-state index contributed by atoms with van der Waals surface area (Å²) >= 11 is 2.83. The van der Waals surface area contributed by atoms with Crippen molar-refractivity contribution in [2.75, 3.05) is 31.3 Å². The number of thioether (sulfide) groups is 1.